The van der Waals surface area contributed by atoms with E-state index in [1.54, 1.807) is 6.07 Å². The number of primary sulfonamides is 1. The number of nitrogens with two attached hydrogens (primary N) is 1. The molecule has 0 aliphatic rings. The average molecular weight is 278 g/mol. The van der Waals surface area contributed by atoms with Gasteiger partial charge in [-0.05, 0) is 18.2 Å². The van der Waals surface area contributed by atoms with Crippen molar-refractivity contribution in [2.24, 2.45) is 5.14 Å². The van der Waals surface area contributed by atoms with E-state index in [1.165, 1.54) is 0 Å². The normalized spacial score (nSPS) is 11.3. The van der Waals surface area contributed by atoms with Crippen molar-refractivity contribution in [1.82, 2.24) is 0 Å². The van der Waals surface area contributed by atoms with Gasteiger partial charge in [-0.15, -0.1) is 0 Å². The van der Waals surface area contributed by atoms with Crippen LogP contribution in [0.25, 0.3) is 0 Å². The lowest BCUT2D eigenvalue weighted by Gasteiger charge is -2.15. The zero-order valence-corrected chi connectivity index (χ0v) is 11.3. The predicted octanol–water partition coefficient (Wildman–Crippen LogP) is 1.11. The summed E-state index contributed by atoms with van der Waals surface area (Å²) < 4.78 is 21.5. The summed E-state index contributed by atoms with van der Waals surface area (Å²) in [5.41, 5.74) is 1.67. The molecule has 5 nitrogen and oxygen atoms in total. The number of sulfonamides is 1. The summed E-state index contributed by atoms with van der Waals surface area (Å²) in [4.78, 5) is 1.90. The Labute approximate surface area is 107 Å². The van der Waals surface area contributed by atoms with Gasteiger partial charge in [0.1, 0.15) is 0 Å². The van der Waals surface area contributed by atoms with Crippen molar-refractivity contribution in [1.29, 1.82) is 0 Å². The van der Waals surface area contributed by atoms with Crippen LogP contribution in [0.1, 0.15) is 0 Å². The molecule has 17 heavy (non-hydrogen) atoms. The topological polar surface area (TPSA) is 75.4 Å². The van der Waals surface area contributed by atoms with E-state index in [1.807, 2.05) is 31.1 Å². The van der Waals surface area contributed by atoms with E-state index < -0.39 is 10.0 Å². The lowest BCUT2D eigenvalue weighted by Crippen LogP contribution is -2.22. The molecule has 0 unspecified atom stereocenters. The van der Waals surface area contributed by atoms with Crippen LogP contribution in [0, 0.1) is 0 Å². The van der Waals surface area contributed by atoms with Crippen LogP contribution in [0.3, 0.4) is 0 Å². The van der Waals surface area contributed by atoms with Crippen LogP contribution in [0.15, 0.2) is 18.2 Å². The van der Waals surface area contributed by atoms with Crippen molar-refractivity contribution >= 4 is 33.0 Å². The maximum absolute atomic E-state index is 10.7. The number of benzene rings is 1. The maximum atomic E-state index is 10.7. The van der Waals surface area contributed by atoms with Gasteiger partial charge in [-0.1, -0.05) is 11.6 Å². The van der Waals surface area contributed by atoms with E-state index in [4.69, 9.17) is 16.7 Å². The number of halogens is 1. The fourth-order valence-electron chi connectivity index (χ4n) is 1.32. The highest BCUT2D eigenvalue weighted by molar-refractivity contribution is 7.89. The molecule has 0 radical (unpaired) electrons. The highest BCUT2D eigenvalue weighted by Gasteiger charge is 2.05. The van der Waals surface area contributed by atoms with Crippen molar-refractivity contribution < 1.29 is 8.42 Å². The molecule has 0 atom stereocenters. The molecule has 0 spiro atoms. The Bertz CT molecular complexity index is 488. The summed E-state index contributed by atoms with van der Waals surface area (Å²) >= 11 is 6.07. The van der Waals surface area contributed by atoms with Crippen LogP contribution < -0.4 is 15.4 Å². The second-order valence-corrected chi connectivity index (χ2v) is 6.00. The minimum Gasteiger partial charge on any atom is -0.384 e. The van der Waals surface area contributed by atoms with Gasteiger partial charge in [-0.25, -0.2) is 13.6 Å². The third-order valence-electron chi connectivity index (χ3n) is 2.15. The largest absolute Gasteiger partial charge is 0.384 e. The standard InChI is InChI=1S/C10H16ClN3O2S/c1-14(2)10-4-3-8(7-9(10)11)13-5-6-17(12,15)16/h3-4,7,13H,5-6H2,1-2H3,(H2,12,15,16). The quantitative estimate of drug-likeness (QED) is 0.845. The number of hydrogen-bond acceptors (Lipinski definition) is 4. The molecule has 0 heterocycles. The lowest BCUT2D eigenvalue weighted by atomic mass is 10.2. The fourth-order valence-corrected chi connectivity index (χ4v) is 2.05. The molecule has 0 aromatic heterocycles. The number of nitrogens with zero attached hydrogens (tertiary/aromatic N) is 1. The number of anilines is 2. The first kappa shape index (κ1) is 14.1. The molecule has 0 saturated carbocycles. The molecule has 1 aromatic carbocycles. The van der Waals surface area contributed by atoms with Crippen LogP contribution in [-0.4, -0.2) is 34.8 Å². The third kappa shape index (κ3) is 4.80. The summed E-state index contributed by atoms with van der Waals surface area (Å²) in [7, 11) is 0.367. The molecule has 96 valence electrons. The van der Waals surface area contributed by atoms with Crippen LogP contribution in [-0.2, 0) is 10.0 Å². The lowest BCUT2D eigenvalue weighted by molar-refractivity contribution is 0.598. The molecule has 1 rings (SSSR count). The van der Waals surface area contributed by atoms with Gasteiger partial charge in [0.15, 0.2) is 0 Å². The number of rotatable bonds is 5. The highest BCUT2D eigenvalue weighted by Crippen LogP contribution is 2.27. The van der Waals surface area contributed by atoms with Crippen LogP contribution >= 0.6 is 11.6 Å². The van der Waals surface area contributed by atoms with E-state index in [0.717, 1.165) is 11.4 Å². The average Bonchev–Trinajstić information content (AvgIpc) is 2.15. The molecule has 7 heteroatoms. The molecule has 0 bridgehead atoms. The molecule has 0 aliphatic carbocycles. The Kier molecular flexibility index (Phi) is 4.62. The molecular formula is C10H16ClN3O2S. The first-order chi connectivity index (χ1) is 7.79. The zero-order chi connectivity index (χ0) is 13.1. The van der Waals surface area contributed by atoms with E-state index >= 15 is 0 Å². The molecule has 0 fully saturated rings. The number of hydrogen-bond donors (Lipinski definition) is 2. The molecular weight excluding hydrogens is 262 g/mol. The first-order valence-electron chi connectivity index (χ1n) is 5.01. The molecule has 1 aromatic rings. The van der Waals surface area contributed by atoms with Crippen molar-refractivity contribution in [3.8, 4) is 0 Å². The van der Waals surface area contributed by atoms with Gasteiger partial charge in [0.05, 0.1) is 16.5 Å². The summed E-state index contributed by atoms with van der Waals surface area (Å²) in [6.07, 6.45) is 0. The van der Waals surface area contributed by atoms with E-state index in [0.29, 0.717) is 5.02 Å². The van der Waals surface area contributed by atoms with Gasteiger partial charge < -0.3 is 10.2 Å². The van der Waals surface area contributed by atoms with E-state index in [2.05, 4.69) is 5.32 Å². The second-order valence-electron chi connectivity index (χ2n) is 3.85. The molecule has 0 saturated heterocycles. The smallest absolute Gasteiger partial charge is 0.210 e. The van der Waals surface area contributed by atoms with Crippen molar-refractivity contribution in [2.45, 2.75) is 0 Å². The van der Waals surface area contributed by atoms with Crippen LogP contribution in [0.4, 0.5) is 11.4 Å². The Morgan fingerprint density at radius 2 is 2.06 bits per heavy atom. The zero-order valence-electron chi connectivity index (χ0n) is 9.77. The van der Waals surface area contributed by atoms with Crippen molar-refractivity contribution in [3.05, 3.63) is 23.2 Å². The van der Waals surface area contributed by atoms with Gasteiger partial charge >= 0.3 is 0 Å². The van der Waals surface area contributed by atoms with Gasteiger partial charge in [0, 0.05) is 26.3 Å². The van der Waals surface area contributed by atoms with Gasteiger partial charge in [0.2, 0.25) is 10.0 Å². The Balaban J connectivity index is 2.65. The minimum absolute atomic E-state index is 0.111. The molecule has 3 N–H and O–H groups in total. The third-order valence-corrected chi connectivity index (χ3v) is 3.22. The Hall–Kier alpha value is -0.980. The summed E-state index contributed by atoms with van der Waals surface area (Å²) in [5, 5.41) is 8.45. The SMILES string of the molecule is CN(C)c1ccc(NCCS(N)(=O)=O)cc1Cl. The van der Waals surface area contributed by atoms with Crippen LogP contribution in [0.2, 0.25) is 5.02 Å². The summed E-state index contributed by atoms with van der Waals surface area (Å²) in [6, 6.07) is 5.45. The van der Waals surface area contributed by atoms with Gasteiger partial charge in [-0.2, -0.15) is 0 Å². The molecule has 0 amide bonds. The first-order valence-corrected chi connectivity index (χ1v) is 7.10. The van der Waals surface area contributed by atoms with Crippen LogP contribution in [0.5, 0.6) is 0 Å². The van der Waals surface area contributed by atoms with Crippen molar-refractivity contribution in [3.63, 3.8) is 0 Å². The predicted molar refractivity (Wildman–Crippen MR) is 72.2 cm³/mol. The Morgan fingerprint density at radius 1 is 1.41 bits per heavy atom. The van der Waals surface area contributed by atoms with Crippen molar-refractivity contribution in [2.75, 3.05) is 36.6 Å². The Morgan fingerprint density at radius 3 is 2.53 bits per heavy atom. The highest BCUT2D eigenvalue weighted by atomic mass is 35.5. The van der Waals surface area contributed by atoms with E-state index in [-0.39, 0.29) is 12.3 Å². The summed E-state index contributed by atoms with van der Waals surface area (Å²) in [5.74, 6) is -0.111. The minimum atomic E-state index is -3.43. The molecule has 0 aliphatic heterocycles. The van der Waals surface area contributed by atoms with E-state index in [9.17, 15) is 8.42 Å². The number of nitrogens with one attached hydrogen (secondary N) is 1. The monoisotopic (exact) mass is 277 g/mol. The fraction of sp³-hybridized carbons (Fsp3) is 0.400. The van der Waals surface area contributed by atoms with Gasteiger partial charge in [-0.3, -0.25) is 0 Å². The van der Waals surface area contributed by atoms with Gasteiger partial charge in [0.25, 0.3) is 0 Å². The maximum Gasteiger partial charge on any atom is 0.210 e. The second kappa shape index (κ2) is 5.57. The summed E-state index contributed by atoms with van der Waals surface area (Å²) in [6.45, 7) is 0.260.